The topological polar surface area (TPSA) is 32.3 Å². The molecule has 1 unspecified atom stereocenters. The maximum atomic E-state index is 11.8. The number of carbonyl (C=O) groups is 1. The Hall–Kier alpha value is -1.35. The third kappa shape index (κ3) is 3.35. The largest absolute Gasteiger partial charge is 0.340 e. The summed E-state index contributed by atoms with van der Waals surface area (Å²) in [4.78, 5) is 13.6. The number of amides is 1. The molecule has 0 spiro atoms. The van der Waals surface area contributed by atoms with E-state index >= 15 is 0 Å². The van der Waals surface area contributed by atoms with Crippen LogP contribution in [0.4, 0.5) is 0 Å². The molecule has 1 N–H and O–H groups in total. The zero-order valence-corrected chi connectivity index (χ0v) is 10.4. The predicted octanol–water partition coefficient (Wildman–Crippen LogP) is 1.56. The molecule has 0 radical (unpaired) electrons. The first-order valence-electron chi connectivity index (χ1n) is 5.52. The van der Waals surface area contributed by atoms with Gasteiger partial charge in [-0.25, -0.2) is 0 Å². The summed E-state index contributed by atoms with van der Waals surface area (Å²) in [5, 5.41) is 2.95. The second-order valence-corrected chi connectivity index (χ2v) is 4.19. The van der Waals surface area contributed by atoms with Crippen molar-refractivity contribution in [3.63, 3.8) is 0 Å². The Morgan fingerprint density at radius 1 is 1.38 bits per heavy atom. The van der Waals surface area contributed by atoms with Crippen molar-refractivity contribution in [2.24, 2.45) is 0 Å². The summed E-state index contributed by atoms with van der Waals surface area (Å²) in [5.74, 6) is 0.114. The van der Waals surface area contributed by atoms with Crippen LogP contribution in [0.5, 0.6) is 0 Å². The monoisotopic (exact) mass is 220 g/mol. The zero-order chi connectivity index (χ0) is 12.1. The number of aryl methyl sites for hydroxylation is 1. The van der Waals surface area contributed by atoms with Gasteiger partial charge in [0.1, 0.15) is 0 Å². The van der Waals surface area contributed by atoms with E-state index in [9.17, 15) is 4.79 Å². The van der Waals surface area contributed by atoms with Crippen LogP contribution in [0.25, 0.3) is 0 Å². The lowest BCUT2D eigenvalue weighted by atomic mass is 10.1. The van der Waals surface area contributed by atoms with E-state index in [1.807, 2.05) is 14.0 Å². The molecular formula is C13H20N2O. The first-order chi connectivity index (χ1) is 7.54. The second kappa shape index (κ2) is 5.66. The summed E-state index contributed by atoms with van der Waals surface area (Å²) >= 11 is 0. The molecule has 1 aromatic carbocycles. The van der Waals surface area contributed by atoms with Gasteiger partial charge in [-0.3, -0.25) is 4.79 Å². The van der Waals surface area contributed by atoms with E-state index in [0.29, 0.717) is 6.54 Å². The number of nitrogens with zero attached hydrogens (tertiary/aromatic N) is 1. The smallest absolute Gasteiger partial charge is 0.239 e. The third-order valence-electron chi connectivity index (χ3n) is 2.72. The maximum Gasteiger partial charge on any atom is 0.239 e. The molecule has 1 aromatic rings. The van der Waals surface area contributed by atoms with Crippen LogP contribution in [0.3, 0.4) is 0 Å². The molecule has 0 saturated carbocycles. The molecule has 0 saturated heterocycles. The van der Waals surface area contributed by atoms with E-state index in [1.54, 1.807) is 11.9 Å². The number of likely N-dealkylation sites (N-methyl/N-ethyl adjacent to an activating group) is 2. The molecule has 1 atom stereocenters. The van der Waals surface area contributed by atoms with Gasteiger partial charge in [0.15, 0.2) is 0 Å². The highest BCUT2D eigenvalue weighted by molar-refractivity contribution is 5.81. The zero-order valence-electron chi connectivity index (χ0n) is 10.4. The molecule has 0 bridgehead atoms. The highest BCUT2D eigenvalue weighted by atomic mass is 16.2. The van der Waals surface area contributed by atoms with Crippen molar-refractivity contribution in [1.29, 1.82) is 0 Å². The molecule has 0 aliphatic rings. The molecule has 1 amide bonds. The van der Waals surface area contributed by atoms with Gasteiger partial charge in [-0.15, -0.1) is 0 Å². The molecule has 88 valence electrons. The predicted molar refractivity (Wildman–Crippen MR) is 66.2 cm³/mol. The van der Waals surface area contributed by atoms with Crippen molar-refractivity contribution < 1.29 is 4.79 Å². The van der Waals surface area contributed by atoms with Crippen LogP contribution in [0.2, 0.25) is 0 Å². The van der Waals surface area contributed by atoms with Crippen molar-refractivity contribution in [1.82, 2.24) is 10.2 Å². The Bertz CT molecular complexity index is 345. The van der Waals surface area contributed by atoms with Crippen molar-refractivity contribution in [3.05, 3.63) is 35.4 Å². The summed E-state index contributed by atoms with van der Waals surface area (Å²) in [6.07, 6.45) is 0. The molecule has 16 heavy (non-hydrogen) atoms. The number of hydrogen-bond donors (Lipinski definition) is 1. The summed E-state index contributed by atoms with van der Waals surface area (Å²) in [6, 6.07) is 8.12. The van der Waals surface area contributed by atoms with E-state index in [2.05, 4.69) is 36.5 Å². The molecule has 0 aliphatic heterocycles. The molecule has 0 fully saturated rings. The molecule has 1 rings (SSSR count). The van der Waals surface area contributed by atoms with Crippen molar-refractivity contribution in [3.8, 4) is 0 Å². The fraction of sp³-hybridized carbons (Fsp3) is 0.462. The normalized spacial score (nSPS) is 12.2. The highest BCUT2D eigenvalue weighted by Crippen LogP contribution is 2.06. The first kappa shape index (κ1) is 12.7. The molecule has 0 aliphatic carbocycles. The van der Waals surface area contributed by atoms with Crippen molar-refractivity contribution in [2.75, 3.05) is 14.1 Å². The molecule has 0 heterocycles. The number of carbonyl (C=O) groups excluding carboxylic acids is 1. The second-order valence-electron chi connectivity index (χ2n) is 4.19. The van der Waals surface area contributed by atoms with Gasteiger partial charge in [0.2, 0.25) is 5.91 Å². The van der Waals surface area contributed by atoms with Crippen LogP contribution < -0.4 is 5.32 Å². The lowest BCUT2D eigenvalue weighted by Gasteiger charge is -2.21. The molecule has 3 heteroatoms. The SMILES string of the molecule is CNC(C)C(=O)N(C)Cc1ccc(C)cc1. The Balaban J connectivity index is 2.60. The number of rotatable bonds is 4. The van der Waals surface area contributed by atoms with Crippen LogP contribution in [0.1, 0.15) is 18.1 Å². The molecular weight excluding hydrogens is 200 g/mol. The fourth-order valence-electron chi connectivity index (χ4n) is 1.50. The number of nitrogens with one attached hydrogen (secondary N) is 1. The van der Waals surface area contributed by atoms with Gasteiger partial charge in [0, 0.05) is 13.6 Å². The van der Waals surface area contributed by atoms with E-state index in [1.165, 1.54) is 5.56 Å². The van der Waals surface area contributed by atoms with Crippen LogP contribution >= 0.6 is 0 Å². The average molecular weight is 220 g/mol. The third-order valence-corrected chi connectivity index (χ3v) is 2.72. The summed E-state index contributed by atoms with van der Waals surface area (Å²) in [5.41, 5.74) is 2.39. The lowest BCUT2D eigenvalue weighted by molar-refractivity contribution is -0.132. The van der Waals surface area contributed by atoms with Gasteiger partial charge in [-0.05, 0) is 26.5 Å². The fourth-order valence-corrected chi connectivity index (χ4v) is 1.50. The van der Waals surface area contributed by atoms with E-state index in [-0.39, 0.29) is 11.9 Å². The van der Waals surface area contributed by atoms with Crippen molar-refractivity contribution in [2.45, 2.75) is 26.4 Å². The first-order valence-corrected chi connectivity index (χ1v) is 5.52. The van der Waals surface area contributed by atoms with Crippen LogP contribution in [0, 0.1) is 6.92 Å². The van der Waals surface area contributed by atoms with Gasteiger partial charge in [-0.2, -0.15) is 0 Å². The summed E-state index contributed by atoms with van der Waals surface area (Å²) < 4.78 is 0. The average Bonchev–Trinajstić information content (AvgIpc) is 2.30. The minimum absolute atomic E-state index is 0.114. The van der Waals surface area contributed by atoms with Crippen LogP contribution in [-0.2, 0) is 11.3 Å². The quantitative estimate of drug-likeness (QED) is 0.835. The van der Waals surface area contributed by atoms with Crippen LogP contribution in [-0.4, -0.2) is 30.9 Å². The van der Waals surface area contributed by atoms with E-state index in [0.717, 1.165) is 5.56 Å². The number of benzene rings is 1. The summed E-state index contributed by atoms with van der Waals surface area (Å²) in [6.45, 7) is 4.58. The van der Waals surface area contributed by atoms with Crippen molar-refractivity contribution >= 4 is 5.91 Å². The minimum atomic E-state index is -0.129. The number of hydrogen-bond acceptors (Lipinski definition) is 2. The van der Waals surface area contributed by atoms with Gasteiger partial charge in [0.25, 0.3) is 0 Å². The van der Waals surface area contributed by atoms with Gasteiger partial charge >= 0.3 is 0 Å². The van der Waals surface area contributed by atoms with Gasteiger partial charge < -0.3 is 10.2 Å². The van der Waals surface area contributed by atoms with E-state index < -0.39 is 0 Å². The van der Waals surface area contributed by atoms with Crippen LogP contribution in [0.15, 0.2) is 24.3 Å². The molecule has 3 nitrogen and oxygen atoms in total. The Kier molecular flexibility index (Phi) is 4.50. The van der Waals surface area contributed by atoms with E-state index in [4.69, 9.17) is 0 Å². The Morgan fingerprint density at radius 3 is 2.44 bits per heavy atom. The lowest BCUT2D eigenvalue weighted by Crippen LogP contribution is -2.41. The Morgan fingerprint density at radius 2 is 1.94 bits per heavy atom. The standard InChI is InChI=1S/C13H20N2O/c1-10-5-7-12(8-6-10)9-15(4)13(16)11(2)14-3/h5-8,11,14H,9H2,1-4H3. The highest BCUT2D eigenvalue weighted by Gasteiger charge is 2.15. The maximum absolute atomic E-state index is 11.8. The Labute approximate surface area is 97.5 Å². The summed E-state index contributed by atoms with van der Waals surface area (Å²) in [7, 11) is 3.62. The van der Waals surface area contributed by atoms with Gasteiger partial charge in [-0.1, -0.05) is 29.8 Å². The molecule has 0 aromatic heterocycles. The van der Waals surface area contributed by atoms with Gasteiger partial charge in [0.05, 0.1) is 6.04 Å². The minimum Gasteiger partial charge on any atom is -0.340 e.